The van der Waals surface area contributed by atoms with Crippen molar-refractivity contribution in [1.29, 1.82) is 0 Å². The van der Waals surface area contributed by atoms with Crippen LogP contribution in [-0.4, -0.2) is 37.1 Å². The number of rotatable bonds is 5. The van der Waals surface area contributed by atoms with Crippen LogP contribution in [0.25, 0.3) is 0 Å². The van der Waals surface area contributed by atoms with Gasteiger partial charge in [0.05, 0.1) is 6.42 Å². The first kappa shape index (κ1) is 12.9. The molecule has 98 valence electrons. The number of carbonyl (C=O) groups is 2. The maximum absolute atomic E-state index is 11.7. The molecule has 7 nitrogen and oxygen atoms in total. The normalized spacial score (nSPS) is 18.3. The van der Waals surface area contributed by atoms with Crippen molar-refractivity contribution in [3.63, 3.8) is 0 Å². The topological polar surface area (TPSA) is 97.1 Å². The molecule has 0 fully saturated rings. The summed E-state index contributed by atoms with van der Waals surface area (Å²) in [7, 11) is 0. The van der Waals surface area contributed by atoms with E-state index < -0.39 is 11.2 Å². The quantitative estimate of drug-likeness (QED) is 0.815. The van der Waals surface area contributed by atoms with Crippen molar-refractivity contribution in [1.82, 2.24) is 14.9 Å². The summed E-state index contributed by atoms with van der Waals surface area (Å²) in [6.07, 6.45) is 2.53. The summed E-state index contributed by atoms with van der Waals surface area (Å²) in [6, 6.07) is 0. The van der Waals surface area contributed by atoms with Gasteiger partial charge >= 0.3 is 5.97 Å². The lowest BCUT2D eigenvalue weighted by Crippen LogP contribution is -2.38. The molecule has 8 heteroatoms. The van der Waals surface area contributed by atoms with E-state index in [4.69, 9.17) is 5.11 Å². The largest absolute Gasteiger partial charge is 0.481 e. The number of nitrogens with one attached hydrogen (secondary N) is 1. The number of aromatic nitrogens is 3. The highest BCUT2D eigenvalue weighted by molar-refractivity contribution is 8.00. The third-order valence-corrected chi connectivity index (χ3v) is 3.72. The van der Waals surface area contributed by atoms with Crippen LogP contribution < -0.4 is 5.43 Å². The standard InChI is InChI=1S/C10H14N4O3S/c1-2-3-4-7-11-12-10-14(7)13-9(17)6(18-10)5-8(15)16/h6H,2-5H2,1H3,(H,13,17)(H,15,16). The minimum absolute atomic E-state index is 0.215. The Kier molecular flexibility index (Phi) is 3.85. The zero-order chi connectivity index (χ0) is 13.1. The van der Waals surface area contributed by atoms with Crippen LogP contribution in [0.15, 0.2) is 5.16 Å². The Balaban J connectivity index is 2.13. The first-order valence-corrected chi connectivity index (χ1v) is 6.63. The summed E-state index contributed by atoms with van der Waals surface area (Å²) in [6.45, 7) is 2.07. The van der Waals surface area contributed by atoms with Crippen molar-refractivity contribution in [3.05, 3.63) is 5.82 Å². The van der Waals surface area contributed by atoms with E-state index in [0.29, 0.717) is 11.0 Å². The zero-order valence-electron chi connectivity index (χ0n) is 9.92. The number of hydrogen-bond donors (Lipinski definition) is 2. The number of carboxylic acid groups (broad SMARTS) is 1. The van der Waals surface area contributed by atoms with Crippen LogP contribution in [0.1, 0.15) is 32.0 Å². The number of aryl methyl sites for hydroxylation is 1. The Labute approximate surface area is 108 Å². The molecule has 1 amide bonds. The summed E-state index contributed by atoms with van der Waals surface area (Å²) < 4.78 is 1.56. The molecule has 0 saturated heterocycles. The second kappa shape index (κ2) is 5.38. The number of nitrogens with zero attached hydrogens (tertiary/aromatic N) is 3. The second-order valence-electron chi connectivity index (χ2n) is 4.02. The van der Waals surface area contributed by atoms with E-state index in [9.17, 15) is 9.59 Å². The van der Waals surface area contributed by atoms with Gasteiger partial charge in [0.1, 0.15) is 5.25 Å². The van der Waals surface area contributed by atoms with Gasteiger partial charge < -0.3 is 5.11 Å². The van der Waals surface area contributed by atoms with Crippen LogP contribution in [0.4, 0.5) is 0 Å². The minimum Gasteiger partial charge on any atom is -0.481 e. The van der Waals surface area contributed by atoms with Crippen LogP contribution in [0.5, 0.6) is 0 Å². The highest BCUT2D eigenvalue weighted by atomic mass is 32.2. The average Bonchev–Trinajstić information content (AvgIpc) is 2.69. The summed E-state index contributed by atoms with van der Waals surface area (Å²) in [4.78, 5) is 22.4. The monoisotopic (exact) mass is 270 g/mol. The minimum atomic E-state index is -0.998. The van der Waals surface area contributed by atoms with E-state index in [1.54, 1.807) is 4.68 Å². The van der Waals surface area contributed by atoms with Crippen LogP contribution in [-0.2, 0) is 16.0 Å². The smallest absolute Gasteiger partial charge is 0.305 e. The van der Waals surface area contributed by atoms with E-state index in [1.165, 1.54) is 0 Å². The molecule has 1 aliphatic heterocycles. The molecular weight excluding hydrogens is 256 g/mol. The van der Waals surface area contributed by atoms with Crippen molar-refractivity contribution in [2.24, 2.45) is 0 Å². The fourth-order valence-electron chi connectivity index (χ4n) is 1.64. The van der Waals surface area contributed by atoms with Crippen molar-refractivity contribution < 1.29 is 14.7 Å². The molecule has 2 rings (SSSR count). The molecule has 0 aliphatic carbocycles. The number of carboxylic acids is 1. The van der Waals surface area contributed by atoms with Crippen molar-refractivity contribution in [2.45, 2.75) is 43.0 Å². The fourth-order valence-corrected chi connectivity index (χ4v) is 2.63. The van der Waals surface area contributed by atoms with Crippen LogP contribution >= 0.6 is 11.8 Å². The van der Waals surface area contributed by atoms with E-state index in [1.807, 2.05) is 0 Å². The molecule has 0 bridgehead atoms. The molecular formula is C10H14N4O3S. The molecule has 1 aromatic heterocycles. The highest BCUT2D eigenvalue weighted by Gasteiger charge is 2.31. The number of hydrogen-bond acceptors (Lipinski definition) is 5. The molecule has 0 radical (unpaired) electrons. The predicted molar refractivity (Wildman–Crippen MR) is 64.9 cm³/mol. The number of amides is 1. The first-order valence-electron chi connectivity index (χ1n) is 5.75. The Hall–Kier alpha value is -1.57. The Morgan fingerprint density at radius 2 is 2.33 bits per heavy atom. The molecule has 0 saturated carbocycles. The number of carbonyl (C=O) groups excluding carboxylic acids is 1. The lowest BCUT2D eigenvalue weighted by atomic mass is 10.2. The van der Waals surface area contributed by atoms with Gasteiger partial charge in [0.15, 0.2) is 5.82 Å². The number of thioether (sulfide) groups is 1. The van der Waals surface area contributed by atoms with E-state index >= 15 is 0 Å². The summed E-state index contributed by atoms with van der Waals surface area (Å²) in [5, 5.41) is 16.6. The third-order valence-electron chi connectivity index (χ3n) is 2.58. The molecule has 18 heavy (non-hydrogen) atoms. The number of aliphatic carboxylic acids is 1. The van der Waals surface area contributed by atoms with Gasteiger partial charge in [-0.25, -0.2) is 4.68 Å². The van der Waals surface area contributed by atoms with Gasteiger partial charge in [-0.2, -0.15) is 0 Å². The van der Waals surface area contributed by atoms with Crippen molar-refractivity contribution >= 4 is 23.6 Å². The number of fused-ring (bicyclic) bond motifs is 1. The Morgan fingerprint density at radius 1 is 1.56 bits per heavy atom. The Morgan fingerprint density at radius 3 is 3.00 bits per heavy atom. The molecule has 1 aromatic rings. The molecule has 1 unspecified atom stereocenters. The van der Waals surface area contributed by atoms with Gasteiger partial charge in [-0.05, 0) is 6.42 Å². The lowest BCUT2D eigenvalue weighted by Gasteiger charge is -2.21. The van der Waals surface area contributed by atoms with Gasteiger partial charge in [-0.15, -0.1) is 10.2 Å². The third kappa shape index (κ3) is 2.63. The van der Waals surface area contributed by atoms with Gasteiger partial charge in [0.25, 0.3) is 5.91 Å². The van der Waals surface area contributed by atoms with Crippen LogP contribution in [0, 0.1) is 0 Å². The molecule has 1 aliphatic rings. The number of unbranched alkanes of at least 4 members (excludes halogenated alkanes) is 1. The molecule has 2 N–H and O–H groups in total. The van der Waals surface area contributed by atoms with Gasteiger partial charge in [0.2, 0.25) is 5.16 Å². The molecule has 0 aromatic carbocycles. The van der Waals surface area contributed by atoms with Gasteiger partial charge in [0, 0.05) is 6.42 Å². The molecule has 0 spiro atoms. The van der Waals surface area contributed by atoms with Gasteiger partial charge in [-0.1, -0.05) is 25.1 Å². The average molecular weight is 270 g/mol. The maximum Gasteiger partial charge on any atom is 0.305 e. The van der Waals surface area contributed by atoms with Crippen LogP contribution in [0.2, 0.25) is 0 Å². The summed E-state index contributed by atoms with van der Waals surface area (Å²) >= 11 is 1.14. The van der Waals surface area contributed by atoms with E-state index in [0.717, 1.165) is 31.0 Å². The first-order chi connectivity index (χ1) is 8.61. The maximum atomic E-state index is 11.7. The molecule has 1 atom stereocenters. The Bertz CT molecular complexity index is 474. The summed E-state index contributed by atoms with van der Waals surface area (Å²) in [5.41, 5.74) is 2.64. The zero-order valence-corrected chi connectivity index (χ0v) is 10.7. The molecule has 2 heterocycles. The van der Waals surface area contributed by atoms with Crippen molar-refractivity contribution in [3.8, 4) is 0 Å². The SMILES string of the molecule is CCCCc1nnc2n1NC(=O)C(CC(=O)O)S2. The van der Waals surface area contributed by atoms with Crippen LogP contribution in [0.3, 0.4) is 0 Å². The van der Waals surface area contributed by atoms with E-state index in [2.05, 4.69) is 22.5 Å². The second-order valence-corrected chi connectivity index (χ2v) is 5.19. The fraction of sp³-hybridized carbons (Fsp3) is 0.600. The van der Waals surface area contributed by atoms with Crippen molar-refractivity contribution in [2.75, 3.05) is 5.43 Å². The predicted octanol–water partition coefficient (Wildman–Crippen LogP) is 0.640. The van der Waals surface area contributed by atoms with Gasteiger partial charge in [-0.3, -0.25) is 15.0 Å². The summed E-state index contributed by atoms with van der Waals surface area (Å²) in [5.74, 6) is -0.601. The van der Waals surface area contributed by atoms with E-state index in [-0.39, 0.29) is 12.3 Å². The lowest BCUT2D eigenvalue weighted by molar-refractivity contribution is -0.138. The highest BCUT2D eigenvalue weighted by Crippen LogP contribution is 2.28.